The van der Waals surface area contributed by atoms with E-state index >= 15 is 0 Å². The summed E-state index contributed by atoms with van der Waals surface area (Å²) < 4.78 is 0. The van der Waals surface area contributed by atoms with Crippen molar-refractivity contribution in [1.29, 1.82) is 0 Å². The van der Waals surface area contributed by atoms with Gasteiger partial charge in [0, 0.05) is 23.3 Å². The topological polar surface area (TPSA) is 90.7 Å². The fraction of sp³-hybridized carbons (Fsp3) is 0.368. The number of carboxylic acid groups (broad SMARTS) is 1. The lowest BCUT2D eigenvalue weighted by Crippen LogP contribution is -2.18. The number of carbonyl (C=O) groups is 1. The van der Waals surface area contributed by atoms with Crippen molar-refractivity contribution in [3.8, 4) is 0 Å². The van der Waals surface area contributed by atoms with Crippen molar-refractivity contribution in [3.63, 3.8) is 0 Å². The second kappa shape index (κ2) is 8.21. The van der Waals surface area contributed by atoms with Gasteiger partial charge in [-0.3, -0.25) is 9.78 Å². The summed E-state index contributed by atoms with van der Waals surface area (Å²) in [5.74, 6) is -1.48. The van der Waals surface area contributed by atoms with Gasteiger partial charge in [0.1, 0.15) is 0 Å². The van der Waals surface area contributed by atoms with Gasteiger partial charge in [-0.25, -0.2) is 0 Å². The predicted octanol–water partition coefficient (Wildman–Crippen LogP) is 2.92. The van der Waals surface area contributed by atoms with Crippen molar-refractivity contribution in [1.82, 2.24) is 4.98 Å². The van der Waals surface area contributed by atoms with Crippen LogP contribution in [0.15, 0.2) is 36.5 Å². The van der Waals surface area contributed by atoms with Crippen molar-refractivity contribution in [2.45, 2.75) is 37.9 Å². The van der Waals surface area contributed by atoms with Crippen molar-refractivity contribution in [2.75, 3.05) is 0 Å². The smallest absolute Gasteiger partial charge is 0.451 e. The number of hydrogen-bond donors (Lipinski definition) is 3. The van der Waals surface area contributed by atoms with E-state index in [1.54, 1.807) is 6.20 Å². The Kier molecular flexibility index (Phi) is 5.96. The van der Waals surface area contributed by atoms with Gasteiger partial charge in [0.05, 0.1) is 5.92 Å². The predicted molar refractivity (Wildman–Crippen MR) is 100 cm³/mol. The third kappa shape index (κ3) is 4.26. The highest BCUT2D eigenvalue weighted by Gasteiger charge is 2.37. The Hall–Kier alpha value is -1.89. The highest BCUT2D eigenvalue weighted by molar-refractivity contribution is 6.40. The normalized spacial score (nSPS) is 18.6. The molecule has 0 unspecified atom stereocenters. The molecule has 0 saturated carbocycles. The first-order valence-electron chi connectivity index (χ1n) is 8.75. The van der Waals surface area contributed by atoms with Crippen LogP contribution >= 0.6 is 11.6 Å². The molecule has 1 heterocycles. The molecule has 3 N–H and O–H groups in total. The molecule has 1 aliphatic carbocycles. The molecular weight excluding hydrogens is 352 g/mol. The standard InChI is InChI=1S/C19H21BClNO4/c21-17-11-13-8-12(4-3-6-20(25)26)18(19(23)24)16(13)10-14(17)9-15-5-1-2-7-22-15/h1-2,5,7,10-12,18,25-26H,3-4,6,8-9H2,(H,23,24)/t12-,18-/m0/s1. The van der Waals surface area contributed by atoms with Crippen molar-refractivity contribution >= 4 is 24.7 Å². The van der Waals surface area contributed by atoms with E-state index in [2.05, 4.69) is 4.98 Å². The van der Waals surface area contributed by atoms with E-state index in [4.69, 9.17) is 21.6 Å². The lowest BCUT2D eigenvalue weighted by molar-refractivity contribution is -0.139. The SMILES string of the molecule is O=C(O)[C@@H]1c2cc(Cc3ccccn3)c(Cl)cc2C[C@@H]1CCCB(O)O. The van der Waals surface area contributed by atoms with E-state index in [1.165, 1.54) is 0 Å². The van der Waals surface area contributed by atoms with Crippen molar-refractivity contribution < 1.29 is 19.9 Å². The summed E-state index contributed by atoms with van der Waals surface area (Å²) in [7, 11) is -1.35. The number of benzene rings is 1. The van der Waals surface area contributed by atoms with Crippen LogP contribution in [0.2, 0.25) is 11.3 Å². The summed E-state index contributed by atoms with van der Waals surface area (Å²) in [6.45, 7) is 0. The van der Waals surface area contributed by atoms with Gasteiger partial charge >= 0.3 is 13.1 Å². The van der Waals surface area contributed by atoms with Gasteiger partial charge in [0.15, 0.2) is 0 Å². The van der Waals surface area contributed by atoms with Gasteiger partial charge in [-0.05, 0) is 60.0 Å². The number of aromatic nitrogens is 1. The largest absolute Gasteiger partial charge is 0.481 e. The zero-order valence-electron chi connectivity index (χ0n) is 14.3. The van der Waals surface area contributed by atoms with Crippen LogP contribution in [0, 0.1) is 5.92 Å². The highest BCUT2D eigenvalue weighted by atomic mass is 35.5. The molecule has 2 atom stereocenters. The molecule has 3 rings (SSSR count). The summed E-state index contributed by atoms with van der Waals surface area (Å²) in [6.07, 6.45) is 4.40. The van der Waals surface area contributed by atoms with Crippen LogP contribution in [-0.4, -0.2) is 33.2 Å². The molecule has 5 nitrogen and oxygen atoms in total. The minimum atomic E-state index is -1.35. The number of nitrogens with zero attached hydrogens (tertiary/aromatic N) is 1. The molecule has 0 bridgehead atoms. The summed E-state index contributed by atoms with van der Waals surface area (Å²) in [4.78, 5) is 16.2. The zero-order chi connectivity index (χ0) is 18.7. The monoisotopic (exact) mass is 373 g/mol. The van der Waals surface area contributed by atoms with Gasteiger partial charge in [-0.2, -0.15) is 0 Å². The Morgan fingerprint density at radius 2 is 2.12 bits per heavy atom. The van der Waals surface area contributed by atoms with Crippen LogP contribution in [0.5, 0.6) is 0 Å². The molecule has 0 fully saturated rings. The summed E-state index contributed by atoms with van der Waals surface area (Å²) in [5.41, 5.74) is 3.55. The maximum absolute atomic E-state index is 11.9. The average Bonchev–Trinajstić information content (AvgIpc) is 2.93. The summed E-state index contributed by atoms with van der Waals surface area (Å²) in [5, 5.41) is 28.4. The Morgan fingerprint density at radius 3 is 2.77 bits per heavy atom. The lowest BCUT2D eigenvalue weighted by Gasteiger charge is -2.16. The van der Waals surface area contributed by atoms with E-state index in [-0.39, 0.29) is 12.2 Å². The first-order valence-corrected chi connectivity index (χ1v) is 9.13. The number of carboxylic acids is 1. The Balaban J connectivity index is 1.84. The maximum atomic E-state index is 11.9. The van der Waals surface area contributed by atoms with E-state index in [0.29, 0.717) is 30.7 Å². The van der Waals surface area contributed by atoms with E-state index < -0.39 is 19.0 Å². The molecule has 1 aromatic heterocycles. The fourth-order valence-electron chi connectivity index (χ4n) is 3.80. The quantitative estimate of drug-likeness (QED) is 0.649. The van der Waals surface area contributed by atoms with Crippen LogP contribution in [-0.2, 0) is 17.6 Å². The Morgan fingerprint density at radius 1 is 1.31 bits per heavy atom. The molecule has 136 valence electrons. The van der Waals surface area contributed by atoms with Gasteiger partial charge in [-0.15, -0.1) is 0 Å². The molecule has 1 aliphatic rings. The van der Waals surface area contributed by atoms with E-state index in [9.17, 15) is 9.90 Å². The minimum Gasteiger partial charge on any atom is -0.481 e. The van der Waals surface area contributed by atoms with Crippen molar-refractivity contribution in [2.24, 2.45) is 5.92 Å². The number of pyridine rings is 1. The third-order valence-electron chi connectivity index (χ3n) is 5.00. The summed E-state index contributed by atoms with van der Waals surface area (Å²) in [6, 6.07) is 9.47. The molecule has 1 aromatic carbocycles. The average molecular weight is 374 g/mol. The van der Waals surface area contributed by atoms with Crippen LogP contribution in [0.1, 0.15) is 41.1 Å². The second-order valence-corrected chi connectivity index (χ2v) is 7.24. The molecule has 0 aliphatic heterocycles. The highest BCUT2D eigenvalue weighted by Crippen LogP contribution is 2.43. The van der Waals surface area contributed by atoms with E-state index in [0.717, 1.165) is 22.4 Å². The molecule has 2 aromatic rings. The molecule has 0 saturated heterocycles. The van der Waals surface area contributed by atoms with Crippen LogP contribution in [0.3, 0.4) is 0 Å². The van der Waals surface area contributed by atoms with Gasteiger partial charge < -0.3 is 15.2 Å². The van der Waals surface area contributed by atoms with Gasteiger partial charge in [0.2, 0.25) is 0 Å². The second-order valence-electron chi connectivity index (χ2n) is 6.83. The number of fused-ring (bicyclic) bond motifs is 1. The molecule has 0 amide bonds. The lowest BCUT2D eigenvalue weighted by atomic mass is 9.80. The number of halogens is 1. The number of hydrogen-bond acceptors (Lipinski definition) is 4. The van der Waals surface area contributed by atoms with E-state index in [1.807, 2.05) is 30.3 Å². The van der Waals surface area contributed by atoms with Crippen LogP contribution in [0.25, 0.3) is 0 Å². The molecule has 7 heteroatoms. The summed E-state index contributed by atoms with van der Waals surface area (Å²) >= 11 is 6.44. The molecule has 0 radical (unpaired) electrons. The maximum Gasteiger partial charge on any atom is 0.451 e. The molecule has 26 heavy (non-hydrogen) atoms. The number of rotatable bonds is 7. The third-order valence-corrected chi connectivity index (χ3v) is 5.35. The van der Waals surface area contributed by atoms with Crippen LogP contribution in [0.4, 0.5) is 0 Å². The first-order chi connectivity index (χ1) is 12.5. The van der Waals surface area contributed by atoms with Crippen LogP contribution < -0.4 is 0 Å². The fourth-order valence-corrected chi connectivity index (χ4v) is 4.05. The molecule has 0 spiro atoms. The zero-order valence-corrected chi connectivity index (χ0v) is 15.1. The first kappa shape index (κ1) is 18.9. The Labute approximate surface area is 157 Å². The van der Waals surface area contributed by atoms with Crippen molar-refractivity contribution in [3.05, 3.63) is 63.9 Å². The number of aliphatic carboxylic acids is 1. The molecular formula is C19H21BClNO4. The minimum absolute atomic E-state index is 0.0533. The van der Waals surface area contributed by atoms with Gasteiger partial charge in [0.25, 0.3) is 0 Å². The van der Waals surface area contributed by atoms with Gasteiger partial charge in [-0.1, -0.05) is 30.2 Å². The Bertz CT molecular complexity index is 785.